The van der Waals surface area contributed by atoms with Gasteiger partial charge in [-0.2, -0.15) is 0 Å². The number of nitrogens with zero attached hydrogens (tertiary/aromatic N) is 4. The zero-order valence-electron chi connectivity index (χ0n) is 19.5. The highest BCUT2D eigenvalue weighted by Gasteiger charge is 2.20. The van der Waals surface area contributed by atoms with Crippen molar-refractivity contribution >= 4 is 5.96 Å². The predicted molar refractivity (Wildman–Crippen MR) is 128 cm³/mol. The highest BCUT2D eigenvalue weighted by atomic mass is 16.5. The summed E-state index contributed by atoms with van der Waals surface area (Å²) < 4.78 is 16.5. The highest BCUT2D eigenvalue weighted by Crippen LogP contribution is 2.30. The van der Waals surface area contributed by atoms with E-state index in [1.165, 1.54) is 0 Å². The molecule has 33 heavy (non-hydrogen) atoms. The van der Waals surface area contributed by atoms with Crippen LogP contribution in [0.1, 0.15) is 17.0 Å². The van der Waals surface area contributed by atoms with Crippen LogP contribution in [0, 0.1) is 6.92 Å². The summed E-state index contributed by atoms with van der Waals surface area (Å²) in [5.41, 5.74) is 2.14. The van der Waals surface area contributed by atoms with Gasteiger partial charge in [0.25, 0.3) is 0 Å². The van der Waals surface area contributed by atoms with E-state index >= 15 is 0 Å². The third-order valence-electron chi connectivity index (χ3n) is 5.62. The zero-order chi connectivity index (χ0) is 23.0. The zero-order valence-corrected chi connectivity index (χ0v) is 19.5. The molecular weight excluding hydrogens is 418 g/mol. The summed E-state index contributed by atoms with van der Waals surface area (Å²) in [6.07, 6.45) is 0. The Hall–Kier alpha value is -3.52. The number of rotatable bonds is 7. The van der Waals surface area contributed by atoms with Gasteiger partial charge in [-0.3, -0.25) is 9.89 Å². The molecule has 0 saturated carbocycles. The van der Waals surface area contributed by atoms with Crippen LogP contribution in [0.15, 0.2) is 64.1 Å². The Labute approximate surface area is 194 Å². The summed E-state index contributed by atoms with van der Waals surface area (Å²) in [4.78, 5) is 9.16. The number of benzene rings is 2. The van der Waals surface area contributed by atoms with Gasteiger partial charge in [0.15, 0.2) is 17.5 Å². The summed E-state index contributed by atoms with van der Waals surface area (Å²) in [5, 5.41) is 7.58. The van der Waals surface area contributed by atoms with E-state index < -0.39 is 0 Å². The van der Waals surface area contributed by atoms with E-state index in [4.69, 9.17) is 14.0 Å². The fourth-order valence-corrected chi connectivity index (χ4v) is 3.86. The van der Waals surface area contributed by atoms with Gasteiger partial charge in [-0.25, -0.2) is 0 Å². The fourth-order valence-electron chi connectivity index (χ4n) is 3.86. The maximum atomic E-state index is 5.96. The molecule has 0 aliphatic carbocycles. The lowest BCUT2D eigenvalue weighted by Crippen LogP contribution is -2.52. The van der Waals surface area contributed by atoms with Crippen molar-refractivity contribution in [3.63, 3.8) is 0 Å². The second-order valence-electron chi connectivity index (χ2n) is 7.99. The molecule has 1 aliphatic rings. The number of piperazine rings is 1. The lowest BCUT2D eigenvalue weighted by Gasteiger charge is -2.36. The van der Waals surface area contributed by atoms with Crippen LogP contribution in [0.2, 0.25) is 0 Å². The number of ether oxygens (including phenoxy) is 2. The van der Waals surface area contributed by atoms with Crippen LogP contribution in [0.4, 0.5) is 0 Å². The maximum Gasteiger partial charge on any atom is 0.194 e. The minimum Gasteiger partial charge on any atom is -0.493 e. The Balaban J connectivity index is 1.26. The van der Waals surface area contributed by atoms with Gasteiger partial charge in [0.1, 0.15) is 11.5 Å². The molecule has 0 spiro atoms. The summed E-state index contributed by atoms with van der Waals surface area (Å²) in [5.74, 6) is 3.95. The third kappa shape index (κ3) is 6.04. The maximum absolute atomic E-state index is 5.96. The van der Waals surface area contributed by atoms with Crippen molar-refractivity contribution in [3.8, 4) is 17.2 Å². The first-order valence-electron chi connectivity index (χ1n) is 11.1. The number of guanidine groups is 1. The number of para-hydroxylation sites is 2. The Bertz CT molecular complexity index is 1060. The number of aliphatic imine (C=N–C) groups is 1. The van der Waals surface area contributed by atoms with E-state index in [0.29, 0.717) is 18.0 Å². The Morgan fingerprint density at radius 2 is 1.79 bits per heavy atom. The van der Waals surface area contributed by atoms with Crippen LogP contribution in [0.5, 0.6) is 17.2 Å². The molecule has 2 heterocycles. The summed E-state index contributed by atoms with van der Waals surface area (Å²) in [6, 6.07) is 17.7. The van der Waals surface area contributed by atoms with Gasteiger partial charge in [0, 0.05) is 52.4 Å². The number of aryl methyl sites for hydroxylation is 1. The van der Waals surface area contributed by atoms with Gasteiger partial charge in [-0.15, -0.1) is 0 Å². The molecule has 0 atom stereocenters. The fraction of sp³-hybridized carbons (Fsp3) is 0.360. The Kier molecular flexibility index (Phi) is 7.47. The van der Waals surface area contributed by atoms with Gasteiger partial charge >= 0.3 is 0 Å². The van der Waals surface area contributed by atoms with Crippen LogP contribution in [0.25, 0.3) is 0 Å². The monoisotopic (exact) mass is 449 g/mol. The van der Waals surface area contributed by atoms with E-state index in [0.717, 1.165) is 61.5 Å². The first-order valence-corrected chi connectivity index (χ1v) is 11.1. The van der Waals surface area contributed by atoms with Gasteiger partial charge < -0.3 is 24.2 Å². The van der Waals surface area contributed by atoms with Crippen molar-refractivity contribution in [3.05, 3.63) is 71.6 Å². The molecule has 0 radical (unpaired) electrons. The Morgan fingerprint density at radius 3 is 2.42 bits per heavy atom. The summed E-state index contributed by atoms with van der Waals surface area (Å²) >= 11 is 0. The first-order chi connectivity index (χ1) is 16.1. The van der Waals surface area contributed by atoms with Crippen molar-refractivity contribution in [2.24, 2.45) is 4.99 Å². The van der Waals surface area contributed by atoms with Gasteiger partial charge in [0.2, 0.25) is 0 Å². The molecule has 1 saturated heterocycles. The molecule has 0 unspecified atom stereocenters. The normalized spacial score (nSPS) is 14.9. The molecule has 0 bridgehead atoms. The molecule has 2 aromatic carbocycles. The average molecular weight is 450 g/mol. The number of aromatic nitrogens is 1. The van der Waals surface area contributed by atoms with Crippen LogP contribution in [0.3, 0.4) is 0 Å². The molecule has 1 aliphatic heterocycles. The molecule has 1 aromatic heterocycles. The standard InChI is InChI=1S/C25H31N5O3/c1-19-16-21(28-33-19)18-29-12-14-30(15-13-29)25(26-2)27-17-20-8-10-22(11-9-20)32-24-7-5-4-6-23(24)31-3/h4-11,16H,12-15,17-18H2,1-3H3,(H,26,27). The second-order valence-corrected chi connectivity index (χ2v) is 7.99. The summed E-state index contributed by atoms with van der Waals surface area (Å²) in [6.45, 7) is 7.19. The van der Waals surface area contributed by atoms with Crippen LogP contribution < -0.4 is 14.8 Å². The second kappa shape index (κ2) is 10.9. The molecule has 1 fully saturated rings. The average Bonchev–Trinajstić information content (AvgIpc) is 3.26. The molecule has 1 N–H and O–H groups in total. The van der Waals surface area contributed by atoms with Gasteiger partial charge in [-0.1, -0.05) is 29.4 Å². The molecule has 174 valence electrons. The van der Waals surface area contributed by atoms with Crippen molar-refractivity contribution in [2.45, 2.75) is 20.0 Å². The number of hydrogen-bond acceptors (Lipinski definition) is 6. The lowest BCUT2D eigenvalue weighted by molar-refractivity contribution is 0.169. The third-order valence-corrected chi connectivity index (χ3v) is 5.62. The van der Waals surface area contributed by atoms with E-state index in [1.807, 2.05) is 56.4 Å². The molecule has 8 nitrogen and oxygen atoms in total. The van der Waals surface area contributed by atoms with Crippen molar-refractivity contribution in [2.75, 3.05) is 40.3 Å². The molecule has 4 rings (SSSR count). The van der Waals surface area contributed by atoms with Crippen LogP contribution in [-0.2, 0) is 13.1 Å². The molecule has 3 aromatic rings. The van der Waals surface area contributed by atoms with E-state index in [1.54, 1.807) is 7.11 Å². The predicted octanol–water partition coefficient (Wildman–Crippen LogP) is 3.68. The highest BCUT2D eigenvalue weighted by molar-refractivity contribution is 5.80. The molecular formula is C25H31N5O3. The van der Waals surface area contributed by atoms with E-state index in [9.17, 15) is 0 Å². The van der Waals surface area contributed by atoms with Gasteiger partial charge in [0.05, 0.1) is 12.8 Å². The quantitative estimate of drug-likeness (QED) is 0.436. The Morgan fingerprint density at radius 1 is 1.06 bits per heavy atom. The minimum atomic E-state index is 0.694. The van der Waals surface area contributed by atoms with E-state index in [-0.39, 0.29) is 0 Å². The smallest absolute Gasteiger partial charge is 0.194 e. The van der Waals surface area contributed by atoms with Crippen molar-refractivity contribution in [1.29, 1.82) is 0 Å². The molecule has 0 amide bonds. The van der Waals surface area contributed by atoms with Gasteiger partial charge in [-0.05, 0) is 36.8 Å². The van der Waals surface area contributed by atoms with E-state index in [2.05, 4.69) is 37.4 Å². The SMILES string of the molecule is CN=C(NCc1ccc(Oc2ccccc2OC)cc1)N1CCN(Cc2cc(C)on2)CC1. The first kappa shape index (κ1) is 22.7. The van der Waals surface area contributed by atoms with Crippen LogP contribution >= 0.6 is 0 Å². The minimum absolute atomic E-state index is 0.694. The molecule has 8 heteroatoms. The van der Waals surface area contributed by atoms with Crippen molar-refractivity contribution in [1.82, 2.24) is 20.3 Å². The topological polar surface area (TPSA) is 75.4 Å². The lowest BCUT2D eigenvalue weighted by atomic mass is 10.2. The van der Waals surface area contributed by atoms with Crippen LogP contribution in [-0.4, -0.2) is 61.3 Å². The largest absolute Gasteiger partial charge is 0.493 e. The van der Waals surface area contributed by atoms with Crippen molar-refractivity contribution < 1.29 is 14.0 Å². The number of nitrogens with one attached hydrogen (secondary N) is 1. The summed E-state index contributed by atoms with van der Waals surface area (Å²) in [7, 11) is 3.47. The number of methoxy groups -OCH3 is 1. The number of hydrogen-bond donors (Lipinski definition) is 1.